The van der Waals surface area contributed by atoms with Gasteiger partial charge in [-0.15, -0.1) is 0 Å². The van der Waals surface area contributed by atoms with E-state index in [0.29, 0.717) is 0 Å². The van der Waals surface area contributed by atoms with Crippen molar-refractivity contribution in [2.75, 3.05) is 6.54 Å². The highest BCUT2D eigenvalue weighted by molar-refractivity contribution is 5.75. The first-order chi connectivity index (χ1) is 6.79. The highest BCUT2D eigenvalue weighted by atomic mass is 14.9. The molecule has 0 aliphatic heterocycles. The second-order valence-electron chi connectivity index (χ2n) is 3.60. The summed E-state index contributed by atoms with van der Waals surface area (Å²) in [5, 5.41) is 0. The lowest BCUT2D eigenvalue weighted by molar-refractivity contribution is 0.796. The fourth-order valence-electron chi connectivity index (χ4n) is 1.56. The number of hydrogen-bond donors (Lipinski definition) is 2. The van der Waals surface area contributed by atoms with Crippen LogP contribution in [-0.4, -0.2) is 16.5 Å². The molecule has 2 aromatic rings. The van der Waals surface area contributed by atoms with Gasteiger partial charge in [0.1, 0.15) is 5.82 Å². The average molecular weight is 189 g/mol. The van der Waals surface area contributed by atoms with Crippen LogP contribution in [-0.2, 0) is 6.42 Å². The number of rotatable bonds is 3. The molecule has 0 amide bonds. The topological polar surface area (TPSA) is 54.7 Å². The van der Waals surface area contributed by atoms with Crippen molar-refractivity contribution in [2.24, 2.45) is 5.73 Å². The van der Waals surface area contributed by atoms with E-state index in [-0.39, 0.29) is 0 Å². The molecule has 1 heterocycles. The summed E-state index contributed by atoms with van der Waals surface area (Å²) >= 11 is 0. The van der Waals surface area contributed by atoms with Crippen LogP contribution < -0.4 is 5.73 Å². The molecule has 0 atom stereocenters. The lowest BCUT2D eigenvalue weighted by Crippen LogP contribution is -2.01. The highest BCUT2D eigenvalue weighted by Crippen LogP contribution is 2.13. The Kier molecular flexibility index (Phi) is 2.50. The van der Waals surface area contributed by atoms with Gasteiger partial charge in [0.25, 0.3) is 0 Å². The lowest BCUT2D eigenvalue weighted by atomic mass is 10.2. The highest BCUT2D eigenvalue weighted by Gasteiger charge is 2.01. The van der Waals surface area contributed by atoms with Gasteiger partial charge in [-0.05, 0) is 37.6 Å². The summed E-state index contributed by atoms with van der Waals surface area (Å²) in [6.45, 7) is 2.80. The Labute approximate surface area is 83.3 Å². The molecule has 1 aromatic heterocycles. The molecule has 14 heavy (non-hydrogen) atoms. The van der Waals surface area contributed by atoms with Crippen LogP contribution in [0.4, 0.5) is 0 Å². The van der Waals surface area contributed by atoms with Crippen molar-refractivity contribution in [3.63, 3.8) is 0 Å². The molecule has 1 aromatic carbocycles. The quantitative estimate of drug-likeness (QED) is 0.773. The van der Waals surface area contributed by atoms with Crippen molar-refractivity contribution in [1.82, 2.24) is 9.97 Å². The first-order valence-corrected chi connectivity index (χ1v) is 4.95. The van der Waals surface area contributed by atoms with Crippen molar-refractivity contribution < 1.29 is 0 Å². The first kappa shape index (κ1) is 9.21. The molecule has 3 N–H and O–H groups in total. The van der Waals surface area contributed by atoms with E-state index in [1.54, 1.807) is 0 Å². The van der Waals surface area contributed by atoms with Crippen molar-refractivity contribution in [3.05, 3.63) is 29.6 Å². The van der Waals surface area contributed by atoms with Gasteiger partial charge in [0, 0.05) is 6.42 Å². The molecule has 74 valence electrons. The zero-order valence-corrected chi connectivity index (χ0v) is 8.38. The van der Waals surface area contributed by atoms with E-state index in [1.165, 1.54) is 5.56 Å². The van der Waals surface area contributed by atoms with E-state index < -0.39 is 0 Å². The monoisotopic (exact) mass is 189 g/mol. The summed E-state index contributed by atoms with van der Waals surface area (Å²) in [5.74, 6) is 1.04. The molecule has 0 fully saturated rings. The van der Waals surface area contributed by atoms with Gasteiger partial charge in [0.2, 0.25) is 0 Å². The molecule has 0 bridgehead atoms. The van der Waals surface area contributed by atoms with Crippen molar-refractivity contribution in [1.29, 1.82) is 0 Å². The zero-order chi connectivity index (χ0) is 9.97. The number of aryl methyl sites for hydroxylation is 2. The summed E-state index contributed by atoms with van der Waals surface area (Å²) in [7, 11) is 0. The molecule has 0 spiro atoms. The Bertz CT molecular complexity index is 431. The second-order valence-corrected chi connectivity index (χ2v) is 3.60. The van der Waals surface area contributed by atoms with Crippen molar-refractivity contribution >= 4 is 11.0 Å². The summed E-state index contributed by atoms with van der Waals surface area (Å²) in [6, 6.07) is 6.25. The van der Waals surface area contributed by atoms with E-state index in [9.17, 15) is 0 Å². The van der Waals surface area contributed by atoms with Gasteiger partial charge in [-0.2, -0.15) is 0 Å². The standard InChI is InChI=1S/C11H15N3/c1-8-4-5-9-10(7-8)14-11(13-9)3-2-6-12/h4-5,7H,2-3,6,12H2,1H3,(H,13,14). The lowest BCUT2D eigenvalue weighted by Gasteiger charge is -1.91. The molecule has 0 aliphatic carbocycles. The Morgan fingerprint density at radius 3 is 3.07 bits per heavy atom. The molecule has 3 nitrogen and oxygen atoms in total. The van der Waals surface area contributed by atoms with E-state index in [4.69, 9.17) is 5.73 Å². The maximum atomic E-state index is 5.45. The second kappa shape index (κ2) is 3.80. The Balaban J connectivity index is 2.32. The molecule has 0 aliphatic rings. The number of hydrogen-bond acceptors (Lipinski definition) is 2. The van der Waals surface area contributed by atoms with E-state index >= 15 is 0 Å². The van der Waals surface area contributed by atoms with Crippen molar-refractivity contribution in [3.8, 4) is 0 Å². The summed E-state index contributed by atoms with van der Waals surface area (Å²) in [6.07, 6.45) is 1.92. The largest absolute Gasteiger partial charge is 0.342 e. The number of imidazole rings is 1. The fraction of sp³-hybridized carbons (Fsp3) is 0.364. The van der Waals surface area contributed by atoms with Crippen LogP contribution >= 0.6 is 0 Å². The summed E-state index contributed by atoms with van der Waals surface area (Å²) < 4.78 is 0. The number of nitrogens with two attached hydrogens (primary N) is 1. The van der Waals surface area contributed by atoms with Crippen molar-refractivity contribution in [2.45, 2.75) is 19.8 Å². The SMILES string of the molecule is Cc1ccc2nc(CCCN)[nH]c2c1. The van der Waals surface area contributed by atoms with Gasteiger partial charge in [-0.3, -0.25) is 0 Å². The number of aromatic amines is 1. The molecule has 0 saturated carbocycles. The number of H-pyrrole nitrogens is 1. The maximum absolute atomic E-state index is 5.45. The zero-order valence-electron chi connectivity index (χ0n) is 8.38. The van der Waals surface area contributed by atoms with Crippen LogP contribution in [0.1, 0.15) is 17.8 Å². The van der Waals surface area contributed by atoms with E-state index in [2.05, 4.69) is 29.0 Å². The molecule has 0 unspecified atom stereocenters. The molecular weight excluding hydrogens is 174 g/mol. The van der Waals surface area contributed by atoms with Gasteiger partial charge in [0.05, 0.1) is 11.0 Å². The minimum Gasteiger partial charge on any atom is -0.342 e. The third-order valence-electron chi connectivity index (χ3n) is 2.30. The first-order valence-electron chi connectivity index (χ1n) is 4.95. The predicted octanol–water partition coefficient (Wildman–Crippen LogP) is 1.76. The summed E-state index contributed by atoms with van der Waals surface area (Å²) in [5.41, 5.74) is 8.88. The Morgan fingerprint density at radius 1 is 1.43 bits per heavy atom. The maximum Gasteiger partial charge on any atom is 0.107 e. The predicted molar refractivity (Wildman–Crippen MR) is 58.2 cm³/mol. The van der Waals surface area contributed by atoms with Gasteiger partial charge in [-0.1, -0.05) is 6.07 Å². The summed E-state index contributed by atoms with van der Waals surface area (Å²) in [4.78, 5) is 7.78. The number of fused-ring (bicyclic) bond motifs is 1. The van der Waals surface area contributed by atoms with Crippen LogP contribution in [0.25, 0.3) is 11.0 Å². The third-order valence-corrected chi connectivity index (χ3v) is 2.30. The minimum atomic E-state index is 0.718. The molecule has 0 radical (unpaired) electrons. The normalized spacial score (nSPS) is 11.0. The van der Waals surface area contributed by atoms with E-state index in [0.717, 1.165) is 36.2 Å². The van der Waals surface area contributed by atoms with Gasteiger partial charge in [-0.25, -0.2) is 4.98 Å². The third kappa shape index (κ3) is 1.77. The smallest absolute Gasteiger partial charge is 0.107 e. The molecule has 0 saturated heterocycles. The molecule has 3 heteroatoms. The minimum absolute atomic E-state index is 0.718. The molecular formula is C11H15N3. The average Bonchev–Trinajstić information content (AvgIpc) is 2.56. The van der Waals surface area contributed by atoms with Crippen LogP contribution in [0, 0.1) is 6.92 Å². The van der Waals surface area contributed by atoms with Crippen LogP contribution in [0.5, 0.6) is 0 Å². The van der Waals surface area contributed by atoms with Crippen LogP contribution in [0.15, 0.2) is 18.2 Å². The van der Waals surface area contributed by atoms with Gasteiger partial charge >= 0.3 is 0 Å². The Hall–Kier alpha value is -1.35. The van der Waals surface area contributed by atoms with Crippen LogP contribution in [0.2, 0.25) is 0 Å². The Morgan fingerprint density at radius 2 is 2.29 bits per heavy atom. The van der Waals surface area contributed by atoms with Gasteiger partial charge in [0.15, 0.2) is 0 Å². The van der Waals surface area contributed by atoms with Crippen LogP contribution in [0.3, 0.4) is 0 Å². The van der Waals surface area contributed by atoms with E-state index in [1.807, 2.05) is 6.07 Å². The fourth-order valence-corrected chi connectivity index (χ4v) is 1.56. The van der Waals surface area contributed by atoms with Gasteiger partial charge < -0.3 is 10.7 Å². The molecule has 2 rings (SSSR count). The number of benzene rings is 1. The number of aromatic nitrogens is 2. The number of nitrogens with one attached hydrogen (secondary N) is 1. The number of nitrogens with zero attached hydrogens (tertiary/aromatic N) is 1.